The molecule has 212 valence electrons. The molecule has 0 radical (unpaired) electrons. The summed E-state index contributed by atoms with van der Waals surface area (Å²) in [5.74, 6) is 0.753. The zero-order valence-corrected chi connectivity index (χ0v) is 22.2. The Balaban J connectivity index is 1.34. The number of aryl methyl sites for hydroxylation is 1. The molecule has 2 atom stereocenters. The summed E-state index contributed by atoms with van der Waals surface area (Å²) in [4.78, 5) is 53.2. The number of ether oxygens (including phenoxy) is 4. The lowest BCUT2D eigenvalue weighted by Crippen LogP contribution is -2.45. The fourth-order valence-electron chi connectivity index (χ4n) is 4.85. The molecular formula is C28H32N4O8. The minimum Gasteiger partial charge on any atom is -0.493 e. The lowest BCUT2D eigenvalue weighted by molar-refractivity contribution is -0.131. The van der Waals surface area contributed by atoms with E-state index in [-0.39, 0.29) is 57.0 Å². The number of likely N-dealkylation sites (tertiary alicyclic amines) is 1. The first-order valence-electron chi connectivity index (χ1n) is 13.2. The molecule has 2 aromatic carbocycles. The van der Waals surface area contributed by atoms with Crippen LogP contribution in [-0.2, 0) is 32.1 Å². The Labute approximate surface area is 231 Å². The van der Waals surface area contributed by atoms with Crippen molar-refractivity contribution in [3.8, 4) is 17.2 Å². The highest BCUT2D eigenvalue weighted by Gasteiger charge is 2.39. The highest BCUT2D eigenvalue weighted by molar-refractivity contribution is 5.83. The summed E-state index contributed by atoms with van der Waals surface area (Å²) < 4.78 is 22.2. The number of methoxy groups -OCH3 is 1. The molecule has 12 nitrogen and oxygen atoms in total. The number of rotatable bonds is 3. The van der Waals surface area contributed by atoms with Gasteiger partial charge in [-0.2, -0.15) is 0 Å². The number of fused-ring (bicyclic) bond motifs is 9. The smallest absolute Gasteiger partial charge is 0.410 e. The average Bonchev–Trinajstić information content (AvgIpc) is 3.55. The second-order valence-electron chi connectivity index (χ2n) is 9.86. The van der Waals surface area contributed by atoms with Crippen LogP contribution in [0.1, 0.15) is 17.5 Å². The molecule has 12 heteroatoms. The Kier molecular flexibility index (Phi) is 8.23. The van der Waals surface area contributed by atoms with Crippen molar-refractivity contribution in [3.63, 3.8) is 0 Å². The monoisotopic (exact) mass is 552 g/mol. The quantitative estimate of drug-likeness (QED) is 0.573. The van der Waals surface area contributed by atoms with E-state index in [1.54, 1.807) is 29.2 Å². The molecule has 4 heterocycles. The summed E-state index contributed by atoms with van der Waals surface area (Å²) in [5.41, 5.74) is 1.71. The van der Waals surface area contributed by atoms with Crippen molar-refractivity contribution < 1.29 is 38.1 Å². The number of hydrogen-bond donors (Lipinski definition) is 2. The summed E-state index contributed by atoms with van der Waals surface area (Å²) in [6.45, 7) is 1.17. The fourth-order valence-corrected chi connectivity index (χ4v) is 4.85. The van der Waals surface area contributed by atoms with Gasteiger partial charge < -0.3 is 34.5 Å². The molecular weight excluding hydrogens is 520 g/mol. The standard InChI is InChI=1S/C28H32N4O8/c1-37-22-8-4-18-5-9-25(33)30-21-14-32(27(35)16-31-10-11-38-28(31)36)15-24(21)40-20-6-2-19(3-7-20)13-29-26(34)17-39-23(22)12-18/h2-4,6-8,12,21,24H,5,9-11,13-17H2,1H3,(H,29,34)(H,30,33)/t21-,24-/m0/s1. The predicted octanol–water partition coefficient (Wildman–Crippen LogP) is 0.863. The third-order valence-electron chi connectivity index (χ3n) is 7.06. The van der Waals surface area contributed by atoms with Crippen LogP contribution in [0.4, 0.5) is 4.79 Å². The topological polar surface area (TPSA) is 136 Å². The van der Waals surface area contributed by atoms with Gasteiger partial charge in [0.15, 0.2) is 18.1 Å². The van der Waals surface area contributed by atoms with Gasteiger partial charge in [0.2, 0.25) is 11.8 Å². The molecule has 0 saturated carbocycles. The van der Waals surface area contributed by atoms with Crippen LogP contribution < -0.4 is 24.8 Å². The van der Waals surface area contributed by atoms with E-state index < -0.39 is 18.2 Å². The number of benzene rings is 2. The third kappa shape index (κ3) is 6.56. The zero-order chi connectivity index (χ0) is 28.1. The van der Waals surface area contributed by atoms with Crippen molar-refractivity contribution in [2.75, 3.05) is 46.5 Å². The molecule has 40 heavy (non-hydrogen) atoms. The van der Waals surface area contributed by atoms with Gasteiger partial charge in [-0.1, -0.05) is 18.2 Å². The van der Waals surface area contributed by atoms with Crippen molar-refractivity contribution >= 4 is 23.8 Å². The first-order valence-corrected chi connectivity index (χ1v) is 13.2. The number of carbonyl (C=O) groups is 4. The van der Waals surface area contributed by atoms with Crippen LogP contribution in [0.2, 0.25) is 0 Å². The van der Waals surface area contributed by atoms with E-state index in [1.807, 2.05) is 18.2 Å². The summed E-state index contributed by atoms with van der Waals surface area (Å²) in [6, 6.07) is 12.1. The van der Waals surface area contributed by atoms with Gasteiger partial charge in [-0.15, -0.1) is 0 Å². The minimum atomic E-state index is -0.506. The molecule has 2 fully saturated rings. The Morgan fingerprint density at radius 1 is 1.00 bits per heavy atom. The molecule has 4 aliphatic heterocycles. The summed E-state index contributed by atoms with van der Waals surface area (Å²) >= 11 is 0. The van der Waals surface area contributed by atoms with Gasteiger partial charge in [0.1, 0.15) is 25.0 Å². The van der Waals surface area contributed by atoms with Gasteiger partial charge in [-0.3, -0.25) is 19.3 Å². The average molecular weight is 553 g/mol. The largest absolute Gasteiger partial charge is 0.493 e. The van der Waals surface area contributed by atoms with E-state index >= 15 is 0 Å². The highest BCUT2D eigenvalue weighted by atomic mass is 16.6. The Morgan fingerprint density at radius 3 is 2.55 bits per heavy atom. The SMILES string of the molecule is COc1ccc2cc1OCC(=O)NCc1ccc(cc1)O[C@H]1CN(C(=O)CN3CCOC3=O)C[C@@H]1NC(=O)CC2. The Bertz CT molecular complexity index is 1270. The first-order chi connectivity index (χ1) is 19.4. The number of hydrogen-bond acceptors (Lipinski definition) is 8. The summed E-state index contributed by atoms with van der Waals surface area (Å²) in [7, 11) is 1.52. The van der Waals surface area contributed by atoms with Crippen LogP contribution in [0.25, 0.3) is 0 Å². The number of amides is 4. The second kappa shape index (κ2) is 12.1. The molecule has 0 aromatic heterocycles. The number of cyclic esters (lactones) is 1. The third-order valence-corrected chi connectivity index (χ3v) is 7.06. The lowest BCUT2D eigenvalue weighted by atomic mass is 10.1. The molecule has 0 spiro atoms. The molecule has 4 bridgehead atoms. The Morgan fingerprint density at radius 2 is 1.80 bits per heavy atom. The van der Waals surface area contributed by atoms with Gasteiger partial charge in [0.05, 0.1) is 26.2 Å². The Hall–Kier alpha value is -4.48. The predicted molar refractivity (Wildman–Crippen MR) is 141 cm³/mol. The fraction of sp³-hybridized carbons (Fsp3) is 0.429. The van der Waals surface area contributed by atoms with Crippen LogP contribution in [0.15, 0.2) is 42.5 Å². The van der Waals surface area contributed by atoms with Crippen molar-refractivity contribution in [2.24, 2.45) is 0 Å². The molecule has 6 rings (SSSR count). The molecule has 4 amide bonds. The van der Waals surface area contributed by atoms with E-state index in [0.29, 0.717) is 36.8 Å². The number of nitrogens with zero attached hydrogens (tertiary/aromatic N) is 2. The van der Waals surface area contributed by atoms with E-state index in [1.165, 1.54) is 12.0 Å². The summed E-state index contributed by atoms with van der Waals surface area (Å²) in [6.07, 6.45) is -0.379. The van der Waals surface area contributed by atoms with Crippen LogP contribution in [0.5, 0.6) is 17.2 Å². The maximum Gasteiger partial charge on any atom is 0.410 e. The molecule has 2 aromatic rings. The van der Waals surface area contributed by atoms with Crippen LogP contribution >= 0.6 is 0 Å². The van der Waals surface area contributed by atoms with Crippen LogP contribution in [0, 0.1) is 0 Å². The second-order valence-corrected chi connectivity index (χ2v) is 9.86. The van der Waals surface area contributed by atoms with Crippen molar-refractivity contribution in [2.45, 2.75) is 31.5 Å². The zero-order valence-electron chi connectivity index (χ0n) is 22.2. The number of carbonyl (C=O) groups excluding carboxylic acids is 4. The van der Waals surface area contributed by atoms with Gasteiger partial charge in [-0.25, -0.2) is 4.79 Å². The van der Waals surface area contributed by atoms with Crippen molar-refractivity contribution in [1.82, 2.24) is 20.4 Å². The van der Waals surface area contributed by atoms with E-state index in [0.717, 1.165) is 11.1 Å². The van der Waals surface area contributed by atoms with Gasteiger partial charge in [-0.05, 0) is 41.8 Å². The van der Waals surface area contributed by atoms with E-state index in [4.69, 9.17) is 18.9 Å². The molecule has 2 N–H and O–H groups in total. The summed E-state index contributed by atoms with van der Waals surface area (Å²) in [5, 5.41) is 5.87. The lowest BCUT2D eigenvalue weighted by Gasteiger charge is -2.21. The van der Waals surface area contributed by atoms with Gasteiger partial charge in [0.25, 0.3) is 5.91 Å². The molecule has 0 aliphatic carbocycles. The van der Waals surface area contributed by atoms with E-state index in [2.05, 4.69) is 10.6 Å². The van der Waals surface area contributed by atoms with Crippen molar-refractivity contribution in [1.29, 1.82) is 0 Å². The molecule has 4 aliphatic rings. The normalized spacial score (nSPS) is 21.6. The highest BCUT2D eigenvalue weighted by Crippen LogP contribution is 2.29. The van der Waals surface area contributed by atoms with Gasteiger partial charge >= 0.3 is 6.09 Å². The number of nitrogens with one attached hydrogen (secondary N) is 2. The molecule has 0 unspecified atom stereocenters. The first kappa shape index (κ1) is 27.1. The van der Waals surface area contributed by atoms with Crippen LogP contribution in [0.3, 0.4) is 0 Å². The van der Waals surface area contributed by atoms with Gasteiger partial charge in [0, 0.05) is 19.5 Å². The maximum atomic E-state index is 13.0. The van der Waals surface area contributed by atoms with E-state index in [9.17, 15) is 19.2 Å². The minimum absolute atomic E-state index is 0.0888. The maximum absolute atomic E-state index is 13.0. The molecule has 2 saturated heterocycles. The van der Waals surface area contributed by atoms with Crippen molar-refractivity contribution in [3.05, 3.63) is 53.6 Å². The van der Waals surface area contributed by atoms with Crippen LogP contribution in [-0.4, -0.2) is 92.3 Å².